The molecule has 1 aliphatic heterocycles. The molecule has 0 spiro atoms. The minimum absolute atomic E-state index is 0.0214. The van der Waals surface area contributed by atoms with Crippen LogP contribution in [0.3, 0.4) is 0 Å². The molecule has 0 unspecified atom stereocenters. The van der Waals surface area contributed by atoms with E-state index in [0.717, 1.165) is 16.0 Å². The molecule has 0 radical (unpaired) electrons. The predicted octanol–water partition coefficient (Wildman–Crippen LogP) is 3.42. The van der Waals surface area contributed by atoms with Gasteiger partial charge >= 0.3 is 6.18 Å². The van der Waals surface area contributed by atoms with Gasteiger partial charge in [0.25, 0.3) is 0 Å². The smallest absolute Gasteiger partial charge is 0.274 e. The highest BCUT2D eigenvalue weighted by molar-refractivity contribution is 6.23. The number of carbonyl (C=O) groups excluding carboxylic acids is 2. The molecule has 2 aliphatic carbocycles. The highest BCUT2D eigenvalue weighted by atomic mass is 19.4. The van der Waals surface area contributed by atoms with E-state index in [4.69, 9.17) is 0 Å². The molecular weight excluding hydrogens is 371 g/mol. The molecular formula is C20H16F3N3O2. The monoisotopic (exact) mass is 387 g/mol. The Morgan fingerprint density at radius 3 is 2.11 bits per heavy atom. The predicted molar refractivity (Wildman–Crippen MR) is 93.9 cm³/mol. The van der Waals surface area contributed by atoms with Gasteiger partial charge in [-0.25, -0.2) is 4.90 Å². The summed E-state index contributed by atoms with van der Waals surface area (Å²) >= 11 is 0. The van der Waals surface area contributed by atoms with Crippen LogP contribution < -0.4 is 4.90 Å². The lowest BCUT2D eigenvalue weighted by Crippen LogP contribution is -2.34. The van der Waals surface area contributed by atoms with E-state index in [-0.39, 0.29) is 28.8 Å². The third kappa shape index (κ3) is 2.17. The summed E-state index contributed by atoms with van der Waals surface area (Å²) in [5.41, 5.74) is -1.08. The van der Waals surface area contributed by atoms with Crippen molar-refractivity contribution in [3.63, 3.8) is 0 Å². The van der Waals surface area contributed by atoms with Gasteiger partial charge in [-0.15, -0.1) is 0 Å². The van der Waals surface area contributed by atoms with Crippen molar-refractivity contribution in [2.24, 2.45) is 30.7 Å². The Kier molecular flexibility index (Phi) is 3.42. The number of hydrogen-bond acceptors (Lipinski definition) is 3. The number of carbonyl (C=O) groups is 2. The molecule has 2 heterocycles. The molecule has 5 nitrogen and oxygen atoms in total. The summed E-state index contributed by atoms with van der Waals surface area (Å²) in [7, 11) is 1.33. The molecule has 2 bridgehead atoms. The fourth-order valence-electron chi connectivity index (χ4n) is 4.95. The zero-order valence-corrected chi connectivity index (χ0v) is 14.8. The lowest BCUT2D eigenvalue weighted by atomic mass is 9.85. The van der Waals surface area contributed by atoms with Gasteiger partial charge in [0.2, 0.25) is 11.8 Å². The number of imide groups is 1. The first-order valence-corrected chi connectivity index (χ1v) is 9.04. The first-order valence-electron chi connectivity index (χ1n) is 9.04. The van der Waals surface area contributed by atoms with E-state index >= 15 is 0 Å². The van der Waals surface area contributed by atoms with Gasteiger partial charge in [-0.2, -0.15) is 18.3 Å². The molecule has 28 heavy (non-hydrogen) atoms. The molecule has 2 amide bonds. The van der Waals surface area contributed by atoms with Crippen LogP contribution in [-0.4, -0.2) is 21.6 Å². The van der Waals surface area contributed by atoms with Gasteiger partial charge in [0, 0.05) is 7.05 Å². The highest BCUT2D eigenvalue weighted by Crippen LogP contribution is 2.54. The van der Waals surface area contributed by atoms with E-state index in [1.807, 2.05) is 12.2 Å². The number of hydrogen-bond donors (Lipinski definition) is 0. The molecule has 1 aromatic heterocycles. The van der Waals surface area contributed by atoms with Gasteiger partial charge in [0.1, 0.15) is 5.82 Å². The normalized spacial score (nSPS) is 28.5. The van der Waals surface area contributed by atoms with Gasteiger partial charge in [-0.3, -0.25) is 14.3 Å². The van der Waals surface area contributed by atoms with Crippen LogP contribution in [0.1, 0.15) is 12.1 Å². The lowest BCUT2D eigenvalue weighted by Gasteiger charge is -2.19. The number of halogens is 3. The van der Waals surface area contributed by atoms with Gasteiger partial charge in [0.05, 0.1) is 17.4 Å². The second-order valence-electron chi connectivity index (χ2n) is 7.55. The van der Waals surface area contributed by atoms with Crippen LogP contribution in [0.5, 0.6) is 0 Å². The van der Waals surface area contributed by atoms with Crippen LogP contribution in [0.4, 0.5) is 19.0 Å². The van der Waals surface area contributed by atoms with Gasteiger partial charge < -0.3 is 0 Å². The van der Waals surface area contributed by atoms with Crippen molar-refractivity contribution in [1.29, 1.82) is 0 Å². The molecule has 4 atom stereocenters. The van der Waals surface area contributed by atoms with Crippen LogP contribution >= 0.6 is 0 Å². The first kappa shape index (κ1) is 17.2. The Bertz CT molecular complexity index is 995. The average molecular weight is 387 g/mol. The second-order valence-corrected chi connectivity index (χ2v) is 7.55. The van der Waals surface area contributed by atoms with E-state index in [0.29, 0.717) is 0 Å². The minimum atomic E-state index is -4.72. The number of benzene rings is 1. The molecule has 8 heteroatoms. The molecule has 1 saturated heterocycles. The number of nitrogens with zero attached hydrogens (tertiary/aromatic N) is 3. The number of rotatable bonds is 2. The number of fused-ring (bicyclic) bond motifs is 5. The average Bonchev–Trinajstić information content (AvgIpc) is 3.39. The van der Waals surface area contributed by atoms with E-state index in [1.54, 1.807) is 18.2 Å². The van der Waals surface area contributed by atoms with Crippen molar-refractivity contribution < 1.29 is 22.8 Å². The maximum Gasteiger partial charge on any atom is 0.435 e. The maximum absolute atomic E-state index is 13.7. The third-order valence-corrected chi connectivity index (χ3v) is 6.03. The fourth-order valence-corrected chi connectivity index (χ4v) is 4.95. The van der Waals surface area contributed by atoms with Gasteiger partial charge in [0.15, 0.2) is 5.69 Å². The quantitative estimate of drug-likeness (QED) is 0.586. The summed E-state index contributed by atoms with van der Waals surface area (Å²) < 4.78 is 42.1. The van der Waals surface area contributed by atoms with E-state index in [9.17, 15) is 22.8 Å². The number of anilines is 1. The van der Waals surface area contributed by atoms with Crippen LogP contribution in [0.25, 0.3) is 11.1 Å². The number of allylic oxidation sites excluding steroid dienone is 2. The van der Waals surface area contributed by atoms with Crippen LogP contribution in [0.15, 0.2) is 42.5 Å². The molecule has 5 rings (SSSR count). The molecule has 2 aromatic rings. The van der Waals surface area contributed by atoms with Gasteiger partial charge in [-0.05, 0) is 23.8 Å². The van der Waals surface area contributed by atoms with Crippen molar-refractivity contribution in [3.8, 4) is 11.1 Å². The van der Waals surface area contributed by atoms with Crippen LogP contribution in [0.2, 0.25) is 0 Å². The SMILES string of the molecule is Cn1nc(C(F)(F)F)c(-c2ccccc2)c1N1C(=O)[C@@H]2[C@H](C1=O)[C@@H]1C=C[C@H]2C1. The highest BCUT2D eigenvalue weighted by Gasteiger charge is 2.60. The number of amides is 2. The summed E-state index contributed by atoms with van der Waals surface area (Å²) in [6.07, 6.45) is -0.0686. The largest absolute Gasteiger partial charge is 0.435 e. The van der Waals surface area contributed by atoms with E-state index in [1.165, 1.54) is 19.2 Å². The summed E-state index contributed by atoms with van der Waals surface area (Å²) in [5.74, 6) is -1.99. The second kappa shape index (κ2) is 5.56. The third-order valence-electron chi connectivity index (χ3n) is 6.03. The molecule has 2 fully saturated rings. The molecule has 3 aliphatic rings. The number of aromatic nitrogens is 2. The van der Waals surface area contributed by atoms with Crippen LogP contribution in [-0.2, 0) is 22.8 Å². The van der Waals surface area contributed by atoms with Crippen molar-refractivity contribution in [3.05, 3.63) is 48.2 Å². The summed E-state index contributed by atoms with van der Waals surface area (Å²) in [5, 5.41) is 3.65. The Balaban J connectivity index is 1.70. The molecule has 0 N–H and O–H groups in total. The summed E-state index contributed by atoms with van der Waals surface area (Å²) in [4.78, 5) is 27.2. The Labute approximate surface area is 158 Å². The maximum atomic E-state index is 13.7. The van der Waals surface area contributed by atoms with Crippen LogP contribution in [0, 0.1) is 23.7 Å². The molecule has 144 valence electrons. The topological polar surface area (TPSA) is 55.2 Å². The summed E-state index contributed by atoms with van der Waals surface area (Å²) in [6, 6.07) is 7.95. The zero-order chi connectivity index (χ0) is 19.8. The van der Waals surface area contributed by atoms with Crippen molar-refractivity contribution in [2.75, 3.05) is 4.90 Å². The van der Waals surface area contributed by atoms with Crippen molar-refractivity contribution >= 4 is 17.6 Å². The fraction of sp³-hybridized carbons (Fsp3) is 0.350. The van der Waals surface area contributed by atoms with Crippen molar-refractivity contribution in [2.45, 2.75) is 12.6 Å². The van der Waals surface area contributed by atoms with E-state index in [2.05, 4.69) is 5.10 Å². The summed E-state index contributed by atoms with van der Waals surface area (Å²) in [6.45, 7) is 0. The number of alkyl halides is 3. The lowest BCUT2D eigenvalue weighted by molar-refractivity contribution is -0.141. The minimum Gasteiger partial charge on any atom is -0.274 e. The van der Waals surface area contributed by atoms with E-state index < -0.39 is 35.5 Å². The molecule has 1 aromatic carbocycles. The van der Waals surface area contributed by atoms with Crippen molar-refractivity contribution in [1.82, 2.24) is 9.78 Å². The standard InChI is InChI=1S/C20H16F3N3O2/c1-25-17(15(10-5-3-2-4-6-10)16(24-25)20(21,22)23)26-18(27)13-11-7-8-12(9-11)14(13)19(26)28/h2-8,11-14H,9H2,1H3/t11-,12+,13-,14+. The Morgan fingerprint density at radius 1 is 1.00 bits per heavy atom. The van der Waals surface area contributed by atoms with Gasteiger partial charge in [-0.1, -0.05) is 42.5 Å². The first-order chi connectivity index (χ1) is 13.3. The Hall–Kier alpha value is -2.90. The zero-order valence-electron chi connectivity index (χ0n) is 14.8. The molecule has 1 saturated carbocycles. The number of aryl methyl sites for hydroxylation is 1. The Morgan fingerprint density at radius 2 is 1.57 bits per heavy atom.